The lowest BCUT2D eigenvalue weighted by Crippen LogP contribution is -2.69. The van der Waals surface area contributed by atoms with E-state index < -0.39 is 11.8 Å². The van der Waals surface area contributed by atoms with E-state index in [1.807, 2.05) is 23.1 Å². The maximum atomic E-state index is 13.3. The SMILES string of the molecule is C[C@@]12CC[C@@H](C[C@@H]1C(=O)N1CCC[C@H](O)C1)[C@@]1(C2)NC(=O)c2ccccc2O1. The number of nitrogens with zero attached hydrogens (tertiary/aromatic N) is 1. The van der Waals surface area contributed by atoms with Gasteiger partial charge in [-0.15, -0.1) is 0 Å². The van der Waals surface area contributed by atoms with E-state index in [9.17, 15) is 14.7 Å². The van der Waals surface area contributed by atoms with Gasteiger partial charge in [0.25, 0.3) is 5.91 Å². The molecule has 2 amide bonds. The van der Waals surface area contributed by atoms with Crippen LogP contribution in [0.4, 0.5) is 0 Å². The van der Waals surface area contributed by atoms with Gasteiger partial charge in [-0.25, -0.2) is 0 Å². The van der Waals surface area contributed by atoms with Crippen LogP contribution in [0.25, 0.3) is 0 Å². The Morgan fingerprint density at radius 1 is 1.32 bits per heavy atom. The van der Waals surface area contributed by atoms with E-state index in [4.69, 9.17) is 4.74 Å². The number of nitrogens with one attached hydrogen (secondary N) is 1. The van der Waals surface area contributed by atoms with Crippen LogP contribution in [0.5, 0.6) is 5.75 Å². The van der Waals surface area contributed by atoms with Crippen LogP contribution in [0.3, 0.4) is 0 Å². The summed E-state index contributed by atoms with van der Waals surface area (Å²) >= 11 is 0. The Hall–Kier alpha value is -2.08. The molecule has 1 aromatic rings. The standard InChI is InChI=1S/C22H28N2O4/c1-21-9-8-14(11-17(21)20(27)24-10-4-5-15(25)12-24)22(13-21)23-19(26)16-6-2-3-7-18(16)28-22/h2-3,6-7,14-15,17,25H,4-5,8-13H2,1H3,(H,23,26)/t14-,15-,17+,21-,22-/m0/s1. The number of likely N-dealkylation sites (tertiary alicyclic amines) is 1. The molecule has 150 valence electrons. The summed E-state index contributed by atoms with van der Waals surface area (Å²) < 4.78 is 6.42. The summed E-state index contributed by atoms with van der Waals surface area (Å²) in [6.07, 6.45) is 4.52. The molecule has 1 saturated heterocycles. The predicted molar refractivity (Wildman–Crippen MR) is 103 cm³/mol. The van der Waals surface area contributed by atoms with E-state index in [-0.39, 0.29) is 29.1 Å². The van der Waals surface area contributed by atoms with Crippen molar-refractivity contribution in [1.82, 2.24) is 10.2 Å². The number of amides is 2. The van der Waals surface area contributed by atoms with Crippen molar-refractivity contribution < 1.29 is 19.4 Å². The zero-order valence-electron chi connectivity index (χ0n) is 16.3. The molecule has 0 radical (unpaired) electrons. The van der Waals surface area contributed by atoms with E-state index in [1.54, 1.807) is 6.07 Å². The van der Waals surface area contributed by atoms with Crippen molar-refractivity contribution in [2.45, 2.75) is 57.3 Å². The van der Waals surface area contributed by atoms with Crippen LogP contribution in [0, 0.1) is 17.3 Å². The molecule has 2 heterocycles. The number of β-amino-alcohol motifs (C(OH)–C–C–N with tert-alkyl or cyclic N) is 1. The normalized spacial score (nSPS) is 39.3. The van der Waals surface area contributed by atoms with E-state index in [2.05, 4.69) is 12.2 Å². The highest BCUT2D eigenvalue weighted by molar-refractivity contribution is 5.98. The third-order valence-electron chi connectivity index (χ3n) is 7.51. The van der Waals surface area contributed by atoms with Gasteiger partial charge in [0.15, 0.2) is 5.72 Å². The van der Waals surface area contributed by atoms with Crippen LogP contribution in [-0.4, -0.2) is 46.7 Å². The quantitative estimate of drug-likeness (QED) is 0.779. The lowest BCUT2D eigenvalue weighted by atomic mass is 9.52. The highest BCUT2D eigenvalue weighted by atomic mass is 16.5. The molecule has 5 atom stereocenters. The van der Waals surface area contributed by atoms with E-state index >= 15 is 0 Å². The van der Waals surface area contributed by atoms with Crippen LogP contribution in [0.1, 0.15) is 55.8 Å². The van der Waals surface area contributed by atoms with Gasteiger partial charge in [0.1, 0.15) is 5.75 Å². The summed E-state index contributed by atoms with van der Waals surface area (Å²) in [7, 11) is 0. The number of aliphatic hydroxyl groups excluding tert-OH is 1. The molecule has 0 unspecified atom stereocenters. The van der Waals surface area contributed by atoms with Gasteiger partial charge in [-0.05, 0) is 49.7 Å². The first kappa shape index (κ1) is 18.0. The molecular formula is C22H28N2O4. The summed E-state index contributed by atoms with van der Waals surface area (Å²) in [5, 5.41) is 13.1. The van der Waals surface area contributed by atoms with Gasteiger partial charge >= 0.3 is 0 Å². The second kappa shape index (κ2) is 6.21. The number of rotatable bonds is 1. The number of aliphatic hydroxyl groups is 1. The number of carbonyl (C=O) groups excluding carboxylic acids is 2. The van der Waals surface area contributed by atoms with E-state index in [1.165, 1.54) is 0 Å². The van der Waals surface area contributed by atoms with Crippen LogP contribution in [0.2, 0.25) is 0 Å². The van der Waals surface area contributed by atoms with Gasteiger partial charge in [-0.3, -0.25) is 9.59 Å². The molecule has 0 aromatic heterocycles. The van der Waals surface area contributed by atoms with Gasteiger partial charge < -0.3 is 20.1 Å². The number of ether oxygens (including phenoxy) is 1. The second-order valence-electron chi connectivity index (χ2n) is 9.38. The smallest absolute Gasteiger partial charge is 0.258 e. The summed E-state index contributed by atoms with van der Waals surface area (Å²) in [5.74, 6) is 0.780. The van der Waals surface area contributed by atoms with Crippen molar-refractivity contribution in [3.8, 4) is 5.75 Å². The molecular weight excluding hydrogens is 356 g/mol. The monoisotopic (exact) mass is 384 g/mol. The summed E-state index contributed by atoms with van der Waals surface area (Å²) in [5.41, 5.74) is -0.348. The molecule has 28 heavy (non-hydrogen) atoms. The molecule has 4 fully saturated rings. The number of para-hydroxylation sites is 1. The molecule has 1 aromatic carbocycles. The van der Waals surface area contributed by atoms with Crippen molar-refractivity contribution in [3.63, 3.8) is 0 Å². The fraction of sp³-hybridized carbons (Fsp3) is 0.636. The Labute approximate surface area is 165 Å². The summed E-state index contributed by atoms with van der Waals surface area (Å²) in [6, 6.07) is 7.38. The maximum Gasteiger partial charge on any atom is 0.258 e. The average molecular weight is 384 g/mol. The zero-order valence-corrected chi connectivity index (χ0v) is 16.3. The molecule has 2 aliphatic heterocycles. The summed E-state index contributed by atoms with van der Waals surface area (Å²) in [4.78, 5) is 27.9. The number of hydrogen-bond donors (Lipinski definition) is 2. The minimum Gasteiger partial charge on any atom is -0.467 e. The molecule has 2 N–H and O–H groups in total. The molecule has 3 aliphatic carbocycles. The fourth-order valence-electron chi connectivity index (χ4n) is 6.01. The lowest BCUT2D eigenvalue weighted by molar-refractivity contribution is -0.176. The molecule has 1 spiro atoms. The van der Waals surface area contributed by atoms with Crippen molar-refractivity contribution in [1.29, 1.82) is 0 Å². The van der Waals surface area contributed by atoms with Crippen molar-refractivity contribution in [2.75, 3.05) is 13.1 Å². The van der Waals surface area contributed by atoms with E-state index in [0.717, 1.165) is 38.6 Å². The number of benzene rings is 1. The highest BCUT2D eigenvalue weighted by Crippen LogP contribution is 2.59. The topological polar surface area (TPSA) is 78.9 Å². The van der Waals surface area contributed by atoms with E-state index in [0.29, 0.717) is 24.3 Å². The molecule has 3 saturated carbocycles. The average Bonchev–Trinajstić information content (AvgIpc) is 2.67. The number of hydrogen-bond acceptors (Lipinski definition) is 4. The molecule has 2 bridgehead atoms. The Morgan fingerprint density at radius 3 is 2.93 bits per heavy atom. The Morgan fingerprint density at radius 2 is 2.14 bits per heavy atom. The van der Waals surface area contributed by atoms with Gasteiger partial charge in [0.2, 0.25) is 5.91 Å². The fourth-order valence-corrected chi connectivity index (χ4v) is 6.01. The van der Waals surface area contributed by atoms with Crippen LogP contribution < -0.4 is 10.1 Å². The second-order valence-corrected chi connectivity index (χ2v) is 9.38. The molecule has 6 rings (SSSR count). The molecule has 6 heteroatoms. The third kappa shape index (κ3) is 2.65. The minimum atomic E-state index is -0.712. The Bertz CT molecular complexity index is 827. The summed E-state index contributed by atoms with van der Waals surface area (Å²) in [6.45, 7) is 3.35. The number of fused-ring (bicyclic) bond motifs is 3. The number of carbonyl (C=O) groups is 2. The van der Waals surface area contributed by atoms with Crippen LogP contribution >= 0.6 is 0 Å². The molecule has 6 nitrogen and oxygen atoms in total. The van der Waals surface area contributed by atoms with Crippen LogP contribution in [-0.2, 0) is 4.79 Å². The van der Waals surface area contributed by atoms with Crippen LogP contribution in [0.15, 0.2) is 24.3 Å². The van der Waals surface area contributed by atoms with Crippen molar-refractivity contribution in [2.24, 2.45) is 17.3 Å². The van der Waals surface area contributed by atoms with Gasteiger partial charge in [0.05, 0.1) is 11.7 Å². The largest absolute Gasteiger partial charge is 0.467 e. The van der Waals surface area contributed by atoms with Gasteiger partial charge in [-0.2, -0.15) is 0 Å². The highest BCUT2D eigenvalue weighted by Gasteiger charge is 2.62. The molecule has 5 aliphatic rings. The van der Waals surface area contributed by atoms with Crippen molar-refractivity contribution in [3.05, 3.63) is 29.8 Å². The maximum absolute atomic E-state index is 13.3. The Balaban J connectivity index is 1.41. The van der Waals surface area contributed by atoms with Gasteiger partial charge in [-0.1, -0.05) is 19.1 Å². The van der Waals surface area contributed by atoms with Crippen molar-refractivity contribution >= 4 is 11.8 Å². The van der Waals surface area contributed by atoms with Gasteiger partial charge in [0, 0.05) is 31.3 Å². The minimum absolute atomic E-state index is 0.0696. The lowest BCUT2D eigenvalue weighted by Gasteiger charge is -2.60. The first-order chi connectivity index (χ1) is 13.4. The predicted octanol–water partition coefficient (Wildman–Crippen LogP) is 2.31. The first-order valence-electron chi connectivity index (χ1n) is 10.5. The zero-order chi connectivity index (χ0) is 19.5. The number of piperidine rings is 1. The first-order valence-corrected chi connectivity index (χ1v) is 10.5. The Kier molecular flexibility index (Phi) is 3.99. The third-order valence-corrected chi connectivity index (χ3v) is 7.51.